The predicted octanol–water partition coefficient (Wildman–Crippen LogP) is 4.15. The van der Waals surface area contributed by atoms with Crippen LogP contribution in [0.5, 0.6) is 0 Å². The van der Waals surface area contributed by atoms with Crippen molar-refractivity contribution in [2.24, 2.45) is 17.8 Å². The summed E-state index contributed by atoms with van der Waals surface area (Å²) < 4.78 is 14.9. The number of hydrogen-bond acceptors (Lipinski definition) is 2. The van der Waals surface area contributed by atoms with E-state index >= 15 is 0 Å². The zero-order valence-electron chi connectivity index (χ0n) is 14.3. The molecule has 0 heterocycles. The van der Waals surface area contributed by atoms with Crippen LogP contribution in [0.1, 0.15) is 32.1 Å². The molecule has 2 nitrogen and oxygen atoms in total. The fraction of sp³-hybridized carbons (Fsp3) is 0.409. The molecule has 25 heavy (non-hydrogen) atoms. The molecule has 4 aliphatic rings. The van der Waals surface area contributed by atoms with E-state index in [0.29, 0.717) is 11.7 Å². The maximum absolute atomic E-state index is 14.9. The van der Waals surface area contributed by atoms with E-state index in [0.717, 1.165) is 42.7 Å². The summed E-state index contributed by atoms with van der Waals surface area (Å²) in [6.45, 7) is 0. The number of hydrogen-bond donors (Lipinski definition) is 0. The molecule has 128 valence electrons. The van der Waals surface area contributed by atoms with E-state index in [4.69, 9.17) is 0 Å². The summed E-state index contributed by atoms with van der Waals surface area (Å²) in [7, 11) is -2.80. The lowest BCUT2D eigenvalue weighted by molar-refractivity contribution is -0.138. The van der Waals surface area contributed by atoms with Crippen molar-refractivity contribution in [3.63, 3.8) is 0 Å². The quantitative estimate of drug-likeness (QED) is 0.780. The largest absolute Gasteiger partial charge is 0.313 e. The van der Waals surface area contributed by atoms with Gasteiger partial charge in [-0.25, -0.2) is 0 Å². The second-order valence-corrected chi connectivity index (χ2v) is 11.5. The van der Waals surface area contributed by atoms with Gasteiger partial charge in [0.1, 0.15) is 12.9 Å². The first-order chi connectivity index (χ1) is 12.1. The van der Waals surface area contributed by atoms with Gasteiger partial charge in [0.05, 0.1) is 0 Å². The molecule has 6 rings (SSSR count). The second-order valence-electron chi connectivity index (χ2n) is 8.25. The van der Waals surface area contributed by atoms with Gasteiger partial charge in [-0.2, -0.15) is 0 Å². The molecule has 2 aromatic carbocycles. The normalized spacial score (nSPS) is 33.6. The summed E-state index contributed by atoms with van der Waals surface area (Å²) in [6, 6.07) is 20.1. The molecule has 0 saturated heterocycles. The van der Waals surface area contributed by atoms with E-state index in [2.05, 4.69) is 0 Å². The minimum atomic E-state index is -2.80. The third kappa shape index (κ3) is 2.10. The molecule has 0 radical (unpaired) electrons. The van der Waals surface area contributed by atoms with Crippen molar-refractivity contribution in [3.8, 4) is 0 Å². The molecular formula is C22H23O2P. The molecule has 4 saturated carbocycles. The van der Waals surface area contributed by atoms with Gasteiger partial charge in [-0.3, -0.25) is 4.79 Å². The van der Waals surface area contributed by atoms with E-state index < -0.39 is 7.14 Å². The van der Waals surface area contributed by atoms with Crippen molar-refractivity contribution in [2.75, 3.05) is 0 Å². The molecular weight excluding hydrogens is 327 g/mol. The molecule has 0 aliphatic heterocycles. The topological polar surface area (TPSA) is 34.1 Å². The lowest BCUT2D eigenvalue weighted by Gasteiger charge is -2.58. The lowest BCUT2D eigenvalue weighted by Crippen LogP contribution is -2.57. The fourth-order valence-corrected chi connectivity index (χ4v) is 10.1. The molecule has 4 fully saturated rings. The number of carbonyl (C=O) groups excluding carboxylic acids is 1. The Bertz CT molecular complexity index is 797. The predicted molar refractivity (Wildman–Crippen MR) is 101 cm³/mol. The third-order valence-electron chi connectivity index (χ3n) is 6.87. The minimum Gasteiger partial charge on any atom is -0.313 e. The first kappa shape index (κ1) is 15.6. The molecule has 4 bridgehead atoms. The van der Waals surface area contributed by atoms with Crippen molar-refractivity contribution >= 4 is 23.5 Å². The van der Waals surface area contributed by atoms with Crippen LogP contribution in [0.3, 0.4) is 0 Å². The lowest BCUT2D eigenvalue weighted by atomic mass is 9.55. The summed E-state index contributed by atoms with van der Waals surface area (Å²) in [5.74, 6) is 1.33. The van der Waals surface area contributed by atoms with Crippen LogP contribution < -0.4 is 10.6 Å². The van der Waals surface area contributed by atoms with E-state index in [9.17, 15) is 9.36 Å². The average Bonchev–Trinajstić information content (AvgIpc) is 2.66. The van der Waals surface area contributed by atoms with Gasteiger partial charge < -0.3 is 4.57 Å². The molecule has 0 N–H and O–H groups in total. The van der Waals surface area contributed by atoms with Crippen molar-refractivity contribution in [2.45, 2.75) is 37.3 Å². The molecule has 0 aromatic heterocycles. The van der Waals surface area contributed by atoms with Crippen LogP contribution in [0, 0.1) is 17.8 Å². The van der Waals surface area contributed by atoms with E-state index in [-0.39, 0.29) is 17.0 Å². The number of benzene rings is 2. The standard InChI is InChI=1S/C22H23O2P/c23-21-17-11-16-12-18(21)15-22(13-16,14-17)25(24,19-7-3-1-4-8-19)20-9-5-2-6-10-20/h1-10,16-18H,11-15H2/t16?,17-,18+,22?. The van der Waals surface area contributed by atoms with Gasteiger partial charge in [0.25, 0.3) is 0 Å². The molecule has 0 spiro atoms. The Hall–Kier alpha value is -1.66. The van der Waals surface area contributed by atoms with Gasteiger partial charge in [0.2, 0.25) is 0 Å². The van der Waals surface area contributed by atoms with Gasteiger partial charge in [-0.15, -0.1) is 0 Å². The van der Waals surface area contributed by atoms with Gasteiger partial charge in [-0.1, -0.05) is 60.7 Å². The number of rotatable bonds is 3. The van der Waals surface area contributed by atoms with Crippen molar-refractivity contribution in [1.82, 2.24) is 0 Å². The molecule has 2 unspecified atom stereocenters. The smallest absolute Gasteiger partial charge is 0.149 e. The SMILES string of the molecule is O=C1[C@@H]2CC3C[C@H]1CC(P(=O)(c1ccccc1)c1ccccc1)(C3)C2. The summed E-state index contributed by atoms with van der Waals surface area (Å²) in [6.07, 6.45) is 4.72. The van der Waals surface area contributed by atoms with Crippen LogP contribution in [0.2, 0.25) is 0 Å². The van der Waals surface area contributed by atoms with Gasteiger partial charge in [0.15, 0.2) is 0 Å². The fourth-order valence-electron chi connectivity index (χ4n) is 6.06. The van der Waals surface area contributed by atoms with Crippen LogP contribution in [0.4, 0.5) is 0 Å². The summed E-state index contributed by atoms with van der Waals surface area (Å²) in [5.41, 5.74) is 0. The Labute approximate surface area is 149 Å². The summed E-state index contributed by atoms with van der Waals surface area (Å²) in [4.78, 5) is 12.6. The van der Waals surface area contributed by atoms with Crippen LogP contribution in [0.15, 0.2) is 60.7 Å². The average molecular weight is 350 g/mol. The van der Waals surface area contributed by atoms with Crippen molar-refractivity contribution < 1.29 is 9.36 Å². The van der Waals surface area contributed by atoms with Gasteiger partial charge in [-0.05, 0) is 38.0 Å². The van der Waals surface area contributed by atoms with E-state index in [1.165, 1.54) is 0 Å². The highest BCUT2D eigenvalue weighted by atomic mass is 31.2. The highest BCUT2D eigenvalue weighted by molar-refractivity contribution is 7.80. The maximum atomic E-state index is 14.9. The maximum Gasteiger partial charge on any atom is 0.149 e. The molecule has 0 amide bonds. The molecule has 3 heteroatoms. The number of ketones is 1. The molecule has 4 atom stereocenters. The van der Waals surface area contributed by atoms with Crippen molar-refractivity contribution in [1.29, 1.82) is 0 Å². The summed E-state index contributed by atoms with van der Waals surface area (Å²) >= 11 is 0. The highest BCUT2D eigenvalue weighted by Gasteiger charge is 2.62. The monoisotopic (exact) mass is 350 g/mol. The Balaban J connectivity index is 1.72. The van der Waals surface area contributed by atoms with Crippen LogP contribution >= 0.6 is 7.14 Å². The zero-order chi connectivity index (χ0) is 17.1. The molecule has 2 aromatic rings. The Morgan fingerprint density at radius 3 is 1.72 bits per heavy atom. The zero-order valence-corrected chi connectivity index (χ0v) is 15.2. The van der Waals surface area contributed by atoms with Crippen molar-refractivity contribution in [3.05, 3.63) is 60.7 Å². The Kier molecular flexibility index (Phi) is 3.38. The first-order valence-corrected chi connectivity index (χ1v) is 11.1. The Morgan fingerprint density at radius 2 is 1.24 bits per heavy atom. The number of Topliss-reactive ketones (excluding diaryl/α,β-unsaturated/α-hetero) is 1. The van der Waals surface area contributed by atoms with Gasteiger partial charge in [0, 0.05) is 27.6 Å². The van der Waals surface area contributed by atoms with E-state index in [1.807, 2.05) is 60.7 Å². The highest BCUT2D eigenvalue weighted by Crippen LogP contribution is 2.70. The first-order valence-electron chi connectivity index (χ1n) is 9.37. The van der Waals surface area contributed by atoms with Crippen LogP contribution in [-0.4, -0.2) is 10.9 Å². The number of carbonyl (C=O) groups is 1. The third-order valence-corrected chi connectivity index (χ3v) is 10.8. The minimum absolute atomic E-state index is 0.145. The van der Waals surface area contributed by atoms with Gasteiger partial charge >= 0.3 is 0 Å². The Morgan fingerprint density at radius 1 is 0.760 bits per heavy atom. The van der Waals surface area contributed by atoms with Crippen LogP contribution in [0.25, 0.3) is 0 Å². The van der Waals surface area contributed by atoms with Crippen LogP contribution in [-0.2, 0) is 9.36 Å². The molecule has 4 aliphatic carbocycles. The van der Waals surface area contributed by atoms with E-state index in [1.54, 1.807) is 0 Å². The second kappa shape index (κ2) is 5.42. The summed E-state index contributed by atoms with van der Waals surface area (Å²) in [5, 5.41) is 1.71.